The first-order valence-electron chi connectivity index (χ1n) is 6.34. The van der Waals surface area contributed by atoms with E-state index >= 15 is 0 Å². The average molecular weight is 360 g/mol. The van der Waals surface area contributed by atoms with E-state index in [0.717, 1.165) is 0 Å². The lowest BCUT2D eigenvalue weighted by molar-refractivity contribution is 0.125. The van der Waals surface area contributed by atoms with Crippen molar-refractivity contribution in [1.29, 1.82) is 0 Å². The van der Waals surface area contributed by atoms with Crippen LogP contribution in [-0.2, 0) is 29.3 Å². The highest BCUT2D eigenvalue weighted by molar-refractivity contribution is 7.91. The summed E-state index contributed by atoms with van der Waals surface area (Å²) in [7, 11) is -7.13. The summed E-state index contributed by atoms with van der Waals surface area (Å²) in [6, 6.07) is 9.63. The minimum Gasteiger partial charge on any atom is -0.264 e. The maximum Gasteiger partial charge on any atom is 0.397 e. The van der Waals surface area contributed by atoms with Gasteiger partial charge in [-0.15, -0.1) is 5.48 Å². The van der Waals surface area contributed by atoms with Gasteiger partial charge in [-0.1, -0.05) is 18.2 Å². The van der Waals surface area contributed by atoms with Crippen LogP contribution in [0.4, 0.5) is 5.69 Å². The van der Waals surface area contributed by atoms with Crippen LogP contribution in [0.1, 0.15) is 0 Å². The third kappa shape index (κ3) is 4.62. The van der Waals surface area contributed by atoms with E-state index in [1.54, 1.807) is 30.3 Å². The van der Waals surface area contributed by atoms with Crippen LogP contribution in [0.5, 0.6) is 0 Å². The molecule has 125 valence electrons. The van der Waals surface area contributed by atoms with Gasteiger partial charge in [-0.2, -0.15) is 8.42 Å². The van der Waals surface area contributed by atoms with Gasteiger partial charge in [0.25, 0.3) is 0 Å². The molecule has 0 heterocycles. The molecule has 0 aliphatic rings. The fourth-order valence-electron chi connectivity index (χ4n) is 2.02. The fourth-order valence-corrected chi connectivity index (χ4v) is 3.74. The van der Waals surface area contributed by atoms with Crippen molar-refractivity contribution < 1.29 is 30.4 Å². The number of sulfone groups is 1. The van der Waals surface area contributed by atoms with Gasteiger partial charge in [0, 0.05) is 5.39 Å². The van der Waals surface area contributed by atoms with Crippen molar-refractivity contribution in [3.05, 3.63) is 36.4 Å². The molecule has 0 atom stereocenters. The number of fused-ring (bicyclic) bond motifs is 1. The number of hydrogen-bond acceptors (Lipinski definition) is 6. The van der Waals surface area contributed by atoms with E-state index in [2.05, 4.69) is 14.5 Å². The Morgan fingerprint density at radius 3 is 2.52 bits per heavy atom. The molecule has 0 aromatic heterocycles. The summed E-state index contributed by atoms with van der Waals surface area (Å²) in [4.78, 5) is 4.68. The second kappa shape index (κ2) is 6.81. The maximum atomic E-state index is 12.4. The number of rotatable bonds is 7. The smallest absolute Gasteiger partial charge is 0.264 e. The Hall–Kier alpha value is -1.72. The van der Waals surface area contributed by atoms with E-state index < -0.39 is 32.6 Å². The molecule has 1 N–H and O–H groups in total. The zero-order valence-electron chi connectivity index (χ0n) is 12.0. The minimum atomic E-state index is -4.68. The summed E-state index contributed by atoms with van der Waals surface area (Å²) in [6.07, 6.45) is 0. The monoisotopic (exact) mass is 360 g/mol. The summed E-state index contributed by atoms with van der Waals surface area (Å²) in [5, 5.41) is 1.11. The molecule has 10 heteroatoms. The molecule has 2 aromatic rings. The summed E-state index contributed by atoms with van der Waals surface area (Å²) in [5.74, 6) is -0.600. The summed E-state index contributed by atoms with van der Waals surface area (Å²) in [6.45, 7) is -0.681. The van der Waals surface area contributed by atoms with Gasteiger partial charge in [0.05, 0.1) is 30.1 Å². The molecule has 0 unspecified atom stereocenters. The number of nitrogens with zero attached hydrogens (tertiary/aromatic N) is 1. The Morgan fingerprint density at radius 2 is 1.87 bits per heavy atom. The van der Waals surface area contributed by atoms with E-state index in [1.807, 2.05) is 0 Å². The predicted molar refractivity (Wildman–Crippen MR) is 82.3 cm³/mol. The number of hydrogen-bond donors (Lipinski definition) is 1. The zero-order chi connectivity index (χ0) is 17.1. The molecule has 0 saturated heterocycles. The fraction of sp³-hybridized carbons (Fsp3) is 0.231. The Labute approximate surface area is 133 Å². The van der Waals surface area contributed by atoms with Crippen molar-refractivity contribution in [3.8, 4) is 0 Å². The molecule has 0 saturated carbocycles. The first kappa shape index (κ1) is 17.6. The Balaban J connectivity index is 2.39. The highest BCUT2D eigenvalue weighted by Crippen LogP contribution is 2.27. The van der Waals surface area contributed by atoms with Crippen LogP contribution in [0.15, 0.2) is 41.3 Å². The quantitative estimate of drug-likeness (QED) is 0.582. The molecule has 1 radical (unpaired) electrons. The van der Waals surface area contributed by atoms with E-state index in [-0.39, 0.29) is 4.90 Å². The van der Waals surface area contributed by atoms with Crippen molar-refractivity contribution in [2.24, 2.45) is 0 Å². The Morgan fingerprint density at radius 1 is 1.13 bits per heavy atom. The van der Waals surface area contributed by atoms with E-state index in [4.69, 9.17) is 4.55 Å². The molecule has 0 aliphatic carbocycles. The molecule has 0 spiro atoms. The minimum absolute atomic E-state index is 0.0158. The first-order chi connectivity index (χ1) is 10.7. The van der Waals surface area contributed by atoms with Gasteiger partial charge >= 0.3 is 10.4 Å². The molecule has 0 bridgehead atoms. The second-order valence-electron chi connectivity index (χ2n) is 4.50. The molecular formula is C13H14NO7S2. The Kier molecular flexibility index (Phi) is 5.22. The van der Waals surface area contributed by atoms with Crippen LogP contribution < -0.4 is 5.48 Å². The lowest BCUT2D eigenvalue weighted by atomic mass is 10.1. The van der Waals surface area contributed by atoms with Gasteiger partial charge in [-0.05, 0) is 23.6 Å². The topological polar surface area (TPSA) is 121 Å². The third-order valence-electron chi connectivity index (χ3n) is 2.94. The van der Waals surface area contributed by atoms with Crippen molar-refractivity contribution in [2.75, 3.05) is 19.5 Å². The lowest BCUT2D eigenvalue weighted by Crippen LogP contribution is -2.15. The van der Waals surface area contributed by atoms with E-state index in [9.17, 15) is 16.8 Å². The molecular weight excluding hydrogens is 346 g/mol. The molecule has 0 aliphatic heterocycles. The highest BCUT2D eigenvalue weighted by Gasteiger charge is 2.19. The van der Waals surface area contributed by atoms with Gasteiger partial charge in [0.2, 0.25) is 0 Å². The normalized spacial score (nSPS) is 12.4. The van der Waals surface area contributed by atoms with Crippen LogP contribution in [0, 0.1) is 0 Å². The summed E-state index contributed by atoms with van der Waals surface area (Å²) < 4.78 is 58.3. The molecule has 2 rings (SSSR count). The van der Waals surface area contributed by atoms with Crippen LogP contribution in [0.25, 0.3) is 10.8 Å². The van der Waals surface area contributed by atoms with Gasteiger partial charge in [0.1, 0.15) is 0 Å². The molecule has 0 amide bonds. The molecule has 0 fully saturated rings. The third-order valence-corrected chi connectivity index (χ3v) is 5.14. The van der Waals surface area contributed by atoms with Gasteiger partial charge < -0.3 is 0 Å². The number of benzene rings is 2. The largest absolute Gasteiger partial charge is 0.397 e. The molecule has 2 aromatic carbocycles. The van der Waals surface area contributed by atoms with E-state index in [1.165, 1.54) is 13.2 Å². The van der Waals surface area contributed by atoms with Crippen molar-refractivity contribution in [3.63, 3.8) is 0 Å². The second-order valence-corrected chi connectivity index (χ2v) is 7.67. The Bertz CT molecular complexity index is 907. The summed E-state index contributed by atoms with van der Waals surface area (Å²) >= 11 is 0. The van der Waals surface area contributed by atoms with E-state index in [0.29, 0.717) is 16.5 Å². The van der Waals surface area contributed by atoms with Crippen LogP contribution in [0.2, 0.25) is 0 Å². The predicted octanol–water partition coefficient (Wildman–Crippen LogP) is 1.23. The van der Waals surface area contributed by atoms with Gasteiger partial charge in [-0.3, -0.25) is 9.39 Å². The standard InChI is InChI=1S/C13H14NO7S2/c1-20-14-11-6-5-10-3-2-4-13(12(10)9-11)22(15,16)8-7-21-23(17,18)19/h2-6,9H,7-8H2,1H3,(H,17,18,19). The summed E-state index contributed by atoms with van der Waals surface area (Å²) in [5.41, 5.74) is 4.18. The molecule has 8 nitrogen and oxygen atoms in total. The van der Waals surface area contributed by atoms with Gasteiger partial charge in [-0.25, -0.2) is 12.6 Å². The van der Waals surface area contributed by atoms with Crippen LogP contribution in [0.3, 0.4) is 0 Å². The SMILES string of the molecule is CO[N]c1ccc2cccc(S(=O)(=O)CCOS(=O)(=O)O)c2c1. The van der Waals surface area contributed by atoms with Crippen molar-refractivity contribution in [1.82, 2.24) is 5.48 Å². The highest BCUT2D eigenvalue weighted by atomic mass is 32.3. The lowest BCUT2D eigenvalue weighted by Gasteiger charge is -2.09. The molecule has 23 heavy (non-hydrogen) atoms. The van der Waals surface area contributed by atoms with Crippen molar-refractivity contribution >= 4 is 36.7 Å². The van der Waals surface area contributed by atoms with Crippen molar-refractivity contribution in [2.45, 2.75) is 4.90 Å². The maximum absolute atomic E-state index is 12.4. The average Bonchev–Trinajstić information content (AvgIpc) is 2.45. The van der Waals surface area contributed by atoms with Crippen LogP contribution >= 0.6 is 0 Å². The van der Waals surface area contributed by atoms with Gasteiger partial charge in [0.15, 0.2) is 9.84 Å². The first-order valence-corrected chi connectivity index (χ1v) is 9.36. The van der Waals surface area contributed by atoms with Crippen LogP contribution in [-0.4, -0.2) is 40.9 Å². The zero-order valence-corrected chi connectivity index (χ0v) is 13.7.